The molecule has 0 aliphatic carbocycles. The maximum atomic E-state index is 13.8. The molecule has 5 aromatic rings. The van der Waals surface area contributed by atoms with Gasteiger partial charge >= 0.3 is 0 Å². The van der Waals surface area contributed by atoms with Crippen molar-refractivity contribution in [3.05, 3.63) is 104 Å². The lowest BCUT2D eigenvalue weighted by Gasteiger charge is -2.24. The molecule has 0 N–H and O–H groups in total. The minimum Gasteiger partial charge on any atom is -0.339 e. The number of nitrogens with zero attached hydrogens (tertiary/aromatic N) is 11. The summed E-state index contributed by atoms with van der Waals surface area (Å²) >= 11 is 0. The fourth-order valence-corrected chi connectivity index (χ4v) is 5.11. The van der Waals surface area contributed by atoms with Crippen LogP contribution in [0.2, 0.25) is 0 Å². The minimum absolute atomic E-state index is 0.107. The smallest absolute Gasteiger partial charge is 0.272 e. The van der Waals surface area contributed by atoms with Gasteiger partial charge in [-0.25, -0.2) is 19.9 Å². The maximum Gasteiger partial charge on any atom is 0.272 e. The Labute approximate surface area is 256 Å². The van der Waals surface area contributed by atoms with Crippen LogP contribution in [0.1, 0.15) is 46.5 Å². The highest BCUT2D eigenvalue weighted by atomic mass is 16.2. The molecule has 0 aromatic carbocycles. The van der Waals surface area contributed by atoms with Gasteiger partial charge in [0.1, 0.15) is 5.69 Å². The number of imidazole rings is 4. The van der Waals surface area contributed by atoms with E-state index < -0.39 is 0 Å². The van der Waals surface area contributed by atoms with Crippen molar-refractivity contribution < 1.29 is 9.59 Å². The summed E-state index contributed by atoms with van der Waals surface area (Å²) in [5, 5.41) is 0. The van der Waals surface area contributed by atoms with E-state index in [2.05, 4.69) is 24.9 Å². The topological polar surface area (TPSA) is 125 Å². The number of amides is 2. The predicted octanol–water partition coefficient (Wildman–Crippen LogP) is 3.11. The number of hydrogen-bond donors (Lipinski definition) is 0. The molecule has 5 rings (SSSR count). The lowest BCUT2D eigenvalue weighted by molar-refractivity contribution is 0.0740. The third-order valence-corrected chi connectivity index (χ3v) is 7.41. The molecule has 0 fully saturated rings. The third-order valence-electron chi connectivity index (χ3n) is 7.41. The molecule has 0 saturated carbocycles. The summed E-state index contributed by atoms with van der Waals surface area (Å²) in [5.74, 6) is -0.285. The van der Waals surface area contributed by atoms with Crippen LogP contribution in [0.25, 0.3) is 0 Å². The Hall–Kier alpha value is -5.07. The van der Waals surface area contributed by atoms with Crippen molar-refractivity contribution in [2.24, 2.45) is 0 Å². The first-order valence-electron chi connectivity index (χ1n) is 15.0. The van der Waals surface area contributed by atoms with Crippen LogP contribution in [0.5, 0.6) is 0 Å². The predicted molar refractivity (Wildman–Crippen MR) is 163 cm³/mol. The summed E-state index contributed by atoms with van der Waals surface area (Å²) in [6, 6.07) is 3.34. The summed E-state index contributed by atoms with van der Waals surface area (Å²) in [7, 11) is 0. The van der Waals surface area contributed by atoms with Crippen LogP contribution in [0.15, 0.2) is 93.2 Å². The quantitative estimate of drug-likeness (QED) is 0.152. The highest BCUT2D eigenvalue weighted by Crippen LogP contribution is 2.12. The number of carbonyl (C=O) groups is 2. The van der Waals surface area contributed by atoms with E-state index >= 15 is 0 Å². The van der Waals surface area contributed by atoms with Crippen LogP contribution >= 0.6 is 0 Å². The summed E-state index contributed by atoms with van der Waals surface area (Å²) in [6.07, 6.45) is 26.5. The normalized spacial score (nSPS) is 11.1. The van der Waals surface area contributed by atoms with E-state index in [0.29, 0.717) is 31.7 Å². The SMILES string of the molecule is O=C(c1ccnc(C(=O)N(CCCn2ccnc2)CCCn2ccnc2)c1)N(CCCn1ccnc1)CCCn1ccnc1. The second-order valence-electron chi connectivity index (χ2n) is 10.6. The molecule has 0 spiro atoms. The molecule has 44 heavy (non-hydrogen) atoms. The number of aromatic nitrogens is 9. The molecule has 0 unspecified atom stereocenters. The van der Waals surface area contributed by atoms with Gasteiger partial charge in [-0.05, 0) is 37.8 Å². The molecule has 0 radical (unpaired) electrons. The summed E-state index contributed by atoms with van der Waals surface area (Å²) < 4.78 is 8.01. The molecular weight excluding hydrogens is 558 g/mol. The summed E-state index contributed by atoms with van der Waals surface area (Å²) in [5.41, 5.74) is 0.739. The van der Waals surface area contributed by atoms with Gasteiger partial charge in [-0.15, -0.1) is 0 Å². The number of rotatable bonds is 18. The molecule has 0 aliphatic heterocycles. The average molecular weight is 598 g/mol. The minimum atomic E-state index is -0.178. The molecule has 5 heterocycles. The van der Waals surface area contributed by atoms with Crippen LogP contribution < -0.4 is 0 Å². The summed E-state index contributed by atoms with van der Waals surface area (Å²) in [6.45, 7) is 5.33. The Kier molecular flexibility index (Phi) is 11.0. The van der Waals surface area contributed by atoms with Crippen LogP contribution in [0.4, 0.5) is 0 Å². The van der Waals surface area contributed by atoms with Gasteiger partial charge in [0.15, 0.2) is 0 Å². The fraction of sp³-hybridized carbons (Fsp3) is 0.387. The van der Waals surface area contributed by atoms with Crippen LogP contribution in [0, 0.1) is 0 Å². The van der Waals surface area contributed by atoms with Crippen LogP contribution in [-0.2, 0) is 26.2 Å². The van der Waals surface area contributed by atoms with E-state index in [1.807, 2.05) is 52.9 Å². The monoisotopic (exact) mass is 597 g/mol. The van der Waals surface area contributed by atoms with E-state index in [4.69, 9.17) is 0 Å². The number of carbonyl (C=O) groups excluding carboxylic acids is 2. The van der Waals surface area contributed by atoms with Crippen LogP contribution in [0.3, 0.4) is 0 Å². The van der Waals surface area contributed by atoms with Gasteiger partial charge in [-0.1, -0.05) is 0 Å². The number of pyridine rings is 1. The van der Waals surface area contributed by atoms with Crippen molar-refractivity contribution in [3.63, 3.8) is 0 Å². The van der Waals surface area contributed by atoms with Crippen molar-refractivity contribution in [1.29, 1.82) is 0 Å². The zero-order valence-corrected chi connectivity index (χ0v) is 24.9. The fourth-order valence-electron chi connectivity index (χ4n) is 5.11. The van der Waals surface area contributed by atoms with Gasteiger partial charge < -0.3 is 28.1 Å². The van der Waals surface area contributed by atoms with E-state index in [0.717, 1.165) is 51.9 Å². The number of aryl methyl sites for hydroxylation is 4. The first-order chi connectivity index (χ1) is 21.7. The molecule has 5 aromatic heterocycles. The molecule has 0 atom stereocenters. The third kappa shape index (κ3) is 8.96. The zero-order valence-electron chi connectivity index (χ0n) is 24.9. The molecule has 13 heteroatoms. The molecular formula is C31H39N11O2. The lowest BCUT2D eigenvalue weighted by atomic mass is 10.1. The Bertz CT molecular complexity index is 1320. The van der Waals surface area contributed by atoms with Gasteiger partial charge in [-0.2, -0.15) is 0 Å². The standard InChI is InChI=1S/C31H39N11O2/c43-30(41(15-1-11-37-19-7-32-24-37)16-2-12-38-20-8-33-25-38)28-5-6-36-29(23-28)31(44)42(17-3-13-39-21-9-34-26-39)18-4-14-40-22-10-35-27-40/h5-10,19-27H,1-4,11-18H2. The zero-order chi connectivity index (χ0) is 30.4. The molecule has 2 amide bonds. The molecule has 13 nitrogen and oxygen atoms in total. The number of hydrogen-bond acceptors (Lipinski definition) is 7. The molecule has 0 saturated heterocycles. The highest BCUT2D eigenvalue weighted by Gasteiger charge is 2.21. The van der Waals surface area contributed by atoms with E-state index in [1.165, 1.54) is 0 Å². The maximum absolute atomic E-state index is 13.8. The largest absolute Gasteiger partial charge is 0.339 e. The highest BCUT2D eigenvalue weighted by molar-refractivity contribution is 5.98. The van der Waals surface area contributed by atoms with Gasteiger partial charge in [0.25, 0.3) is 11.8 Å². The van der Waals surface area contributed by atoms with Gasteiger partial charge in [0.2, 0.25) is 0 Å². The molecule has 230 valence electrons. The van der Waals surface area contributed by atoms with Crippen molar-refractivity contribution in [2.45, 2.75) is 51.9 Å². The van der Waals surface area contributed by atoms with Gasteiger partial charge in [0.05, 0.1) is 25.3 Å². The first-order valence-corrected chi connectivity index (χ1v) is 15.0. The van der Waals surface area contributed by atoms with Crippen molar-refractivity contribution in [2.75, 3.05) is 26.2 Å². The van der Waals surface area contributed by atoms with Crippen molar-refractivity contribution in [1.82, 2.24) is 53.0 Å². The second kappa shape index (κ2) is 16.0. The van der Waals surface area contributed by atoms with Gasteiger partial charge in [0, 0.05) is 114 Å². The average Bonchev–Trinajstić information content (AvgIpc) is 3.88. The Morgan fingerprint density at radius 2 is 0.932 bits per heavy atom. The first kappa shape index (κ1) is 30.4. The van der Waals surface area contributed by atoms with E-state index in [9.17, 15) is 9.59 Å². The Balaban J connectivity index is 1.25. The lowest BCUT2D eigenvalue weighted by Crippen LogP contribution is -2.36. The Morgan fingerprint density at radius 1 is 0.545 bits per heavy atom. The molecule has 0 aliphatic rings. The van der Waals surface area contributed by atoms with Gasteiger partial charge in [-0.3, -0.25) is 14.6 Å². The Morgan fingerprint density at radius 3 is 1.30 bits per heavy atom. The molecule has 0 bridgehead atoms. The van der Waals surface area contributed by atoms with E-state index in [-0.39, 0.29) is 17.5 Å². The van der Waals surface area contributed by atoms with Crippen molar-refractivity contribution >= 4 is 11.8 Å². The van der Waals surface area contributed by atoms with Crippen LogP contribution in [-0.4, -0.2) is 91.0 Å². The van der Waals surface area contributed by atoms with Crippen molar-refractivity contribution in [3.8, 4) is 0 Å². The summed E-state index contributed by atoms with van der Waals surface area (Å²) in [4.78, 5) is 52.1. The second-order valence-corrected chi connectivity index (χ2v) is 10.6. The van der Waals surface area contributed by atoms with E-state index in [1.54, 1.807) is 68.4 Å².